The number of hydrogen-bond donors (Lipinski definition) is 1. The van der Waals surface area contributed by atoms with E-state index in [2.05, 4.69) is 65.3 Å². The Hall–Kier alpha value is -2.77. The van der Waals surface area contributed by atoms with E-state index in [9.17, 15) is 4.79 Å². The zero-order valence-electron chi connectivity index (χ0n) is 16.0. The minimum absolute atomic E-state index is 0.185. The molecule has 148 valence electrons. The molecule has 1 fully saturated rings. The number of nitrogens with zero attached hydrogens (tertiary/aromatic N) is 4. The average molecular weight is 452 g/mol. The molecular weight excluding hydrogens is 430 g/mol. The van der Waals surface area contributed by atoms with Crippen LogP contribution < -0.4 is 10.2 Å². The van der Waals surface area contributed by atoms with E-state index >= 15 is 0 Å². The molecule has 2 aromatic carbocycles. The minimum Gasteiger partial charge on any atom is -0.354 e. The standard InChI is InChI=1S/C22H22BrN5O/c23-19-8-6-18(7-9-19)22(29)26-20-14-21(25-16-24-20)28-12-10-27(11-13-28)15-17-4-2-1-3-5-17/h1-9,14,16H,10-13,15H2,(H,24,25,26,29). The summed E-state index contributed by atoms with van der Waals surface area (Å²) in [7, 11) is 0. The van der Waals surface area contributed by atoms with E-state index in [1.54, 1.807) is 12.1 Å². The van der Waals surface area contributed by atoms with Gasteiger partial charge in [0.1, 0.15) is 18.0 Å². The Balaban J connectivity index is 1.35. The second kappa shape index (κ2) is 9.15. The minimum atomic E-state index is -0.185. The zero-order chi connectivity index (χ0) is 20.1. The predicted molar refractivity (Wildman–Crippen MR) is 118 cm³/mol. The lowest BCUT2D eigenvalue weighted by molar-refractivity contribution is 0.102. The zero-order valence-corrected chi connectivity index (χ0v) is 17.5. The molecule has 0 unspecified atom stereocenters. The predicted octanol–water partition coefficient (Wildman–Crippen LogP) is 3.81. The van der Waals surface area contributed by atoms with Gasteiger partial charge in [-0.15, -0.1) is 0 Å². The fourth-order valence-electron chi connectivity index (χ4n) is 3.35. The number of rotatable bonds is 5. The number of hydrogen-bond acceptors (Lipinski definition) is 5. The summed E-state index contributed by atoms with van der Waals surface area (Å²) < 4.78 is 0.935. The van der Waals surface area contributed by atoms with Crippen LogP contribution in [-0.4, -0.2) is 47.0 Å². The first-order chi connectivity index (χ1) is 14.2. The normalized spacial score (nSPS) is 14.6. The molecule has 29 heavy (non-hydrogen) atoms. The van der Waals surface area contributed by atoms with E-state index in [1.807, 2.05) is 24.3 Å². The van der Waals surface area contributed by atoms with Crippen molar-refractivity contribution in [3.8, 4) is 0 Å². The Morgan fingerprint density at radius 2 is 1.69 bits per heavy atom. The summed E-state index contributed by atoms with van der Waals surface area (Å²) in [5.41, 5.74) is 1.92. The van der Waals surface area contributed by atoms with Gasteiger partial charge in [-0.1, -0.05) is 46.3 Å². The molecule has 1 amide bonds. The molecule has 1 N–H and O–H groups in total. The van der Waals surface area contributed by atoms with Gasteiger partial charge >= 0.3 is 0 Å². The summed E-state index contributed by atoms with van der Waals surface area (Å²) in [5.74, 6) is 1.16. The van der Waals surface area contributed by atoms with E-state index in [1.165, 1.54) is 11.9 Å². The summed E-state index contributed by atoms with van der Waals surface area (Å²) >= 11 is 3.38. The topological polar surface area (TPSA) is 61.4 Å². The molecular formula is C22H22BrN5O. The molecule has 0 bridgehead atoms. The van der Waals surface area contributed by atoms with Crippen molar-refractivity contribution in [2.75, 3.05) is 36.4 Å². The monoisotopic (exact) mass is 451 g/mol. The third-order valence-corrected chi connectivity index (χ3v) is 5.47. The van der Waals surface area contributed by atoms with Crippen molar-refractivity contribution >= 4 is 33.5 Å². The number of nitrogens with one attached hydrogen (secondary N) is 1. The molecule has 1 aliphatic rings. The van der Waals surface area contributed by atoms with E-state index in [0.29, 0.717) is 11.4 Å². The van der Waals surface area contributed by atoms with Gasteiger partial charge in [-0.3, -0.25) is 9.69 Å². The van der Waals surface area contributed by atoms with Crippen LogP contribution in [0.1, 0.15) is 15.9 Å². The van der Waals surface area contributed by atoms with Crippen LogP contribution in [0.5, 0.6) is 0 Å². The molecule has 3 aromatic rings. The highest BCUT2D eigenvalue weighted by atomic mass is 79.9. The summed E-state index contributed by atoms with van der Waals surface area (Å²) in [6.45, 7) is 4.69. The van der Waals surface area contributed by atoms with Gasteiger partial charge < -0.3 is 10.2 Å². The van der Waals surface area contributed by atoms with Gasteiger partial charge in [-0.05, 0) is 29.8 Å². The van der Waals surface area contributed by atoms with Crippen LogP contribution in [0, 0.1) is 0 Å². The molecule has 0 saturated carbocycles. The van der Waals surface area contributed by atoms with E-state index in [4.69, 9.17) is 0 Å². The van der Waals surface area contributed by atoms with Crippen molar-refractivity contribution in [2.24, 2.45) is 0 Å². The third kappa shape index (κ3) is 5.19. The average Bonchev–Trinajstić information content (AvgIpc) is 2.76. The number of piperazine rings is 1. The molecule has 4 rings (SSSR count). The van der Waals surface area contributed by atoms with Crippen molar-refractivity contribution in [3.05, 3.63) is 82.6 Å². The van der Waals surface area contributed by atoms with E-state index in [-0.39, 0.29) is 5.91 Å². The summed E-state index contributed by atoms with van der Waals surface area (Å²) in [5, 5.41) is 2.86. The molecule has 6 nitrogen and oxygen atoms in total. The fourth-order valence-corrected chi connectivity index (χ4v) is 3.62. The molecule has 0 aliphatic carbocycles. The lowest BCUT2D eigenvalue weighted by Crippen LogP contribution is -2.46. The summed E-state index contributed by atoms with van der Waals surface area (Å²) in [6, 6.07) is 19.6. The first-order valence-corrected chi connectivity index (χ1v) is 10.4. The van der Waals surface area contributed by atoms with Crippen LogP contribution in [0.25, 0.3) is 0 Å². The van der Waals surface area contributed by atoms with Crippen LogP contribution in [-0.2, 0) is 6.54 Å². The second-order valence-electron chi connectivity index (χ2n) is 6.97. The number of carbonyl (C=O) groups excluding carboxylic acids is 1. The highest BCUT2D eigenvalue weighted by molar-refractivity contribution is 9.10. The van der Waals surface area contributed by atoms with Gasteiger partial charge in [-0.25, -0.2) is 9.97 Å². The largest absolute Gasteiger partial charge is 0.354 e. The molecule has 0 radical (unpaired) electrons. The Kier molecular flexibility index (Phi) is 6.17. The first kappa shape index (κ1) is 19.5. The van der Waals surface area contributed by atoms with E-state index < -0.39 is 0 Å². The Morgan fingerprint density at radius 3 is 2.41 bits per heavy atom. The van der Waals surface area contributed by atoms with Crippen LogP contribution in [0.4, 0.5) is 11.6 Å². The van der Waals surface area contributed by atoms with Crippen LogP contribution in [0.2, 0.25) is 0 Å². The lowest BCUT2D eigenvalue weighted by Gasteiger charge is -2.35. The quantitative estimate of drug-likeness (QED) is 0.638. The number of benzene rings is 2. The van der Waals surface area contributed by atoms with Crippen LogP contribution in [0.15, 0.2) is 71.5 Å². The van der Waals surface area contributed by atoms with Gasteiger partial charge in [0.25, 0.3) is 5.91 Å². The van der Waals surface area contributed by atoms with Crippen LogP contribution >= 0.6 is 15.9 Å². The van der Waals surface area contributed by atoms with Crippen molar-refractivity contribution in [3.63, 3.8) is 0 Å². The van der Waals surface area contributed by atoms with Crippen LogP contribution in [0.3, 0.4) is 0 Å². The molecule has 1 aromatic heterocycles. The summed E-state index contributed by atoms with van der Waals surface area (Å²) in [6.07, 6.45) is 1.50. The second-order valence-corrected chi connectivity index (χ2v) is 7.89. The van der Waals surface area contributed by atoms with Crippen molar-refractivity contribution < 1.29 is 4.79 Å². The fraction of sp³-hybridized carbons (Fsp3) is 0.227. The molecule has 0 spiro atoms. The SMILES string of the molecule is O=C(Nc1cc(N2CCN(Cc3ccccc3)CC2)ncn1)c1ccc(Br)cc1. The maximum absolute atomic E-state index is 12.4. The number of amides is 1. The highest BCUT2D eigenvalue weighted by Gasteiger charge is 2.19. The Bertz CT molecular complexity index is 956. The lowest BCUT2D eigenvalue weighted by atomic mass is 10.2. The maximum atomic E-state index is 12.4. The Morgan fingerprint density at radius 1 is 0.966 bits per heavy atom. The van der Waals surface area contributed by atoms with Crippen molar-refractivity contribution in [1.82, 2.24) is 14.9 Å². The number of carbonyl (C=O) groups is 1. The van der Waals surface area contributed by atoms with Gasteiger partial charge in [0.2, 0.25) is 0 Å². The van der Waals surface area contributed by atoms with E-state index in [0.717, 1.165) is 43.0 Å². The molecule has 1 saturated heterocycles. The van der Waals surface area contributed by atoms with Crippen molar-refractivity contribution in [2.45, 2.75) is 6.54 Å². The molecule has 2 heterocycles. The molecule has 1 aliphatic heterocycles. The molecule has 0 atom stereocenters. The van der Waals surface area contributed by atoms with Gasteiger partial charge in [-0.2, -0.15) is 0 Å². The van der Waals surface area contributed by atoms with Gasteiger partial charge in [0, 0.05) is 48.8 Å². The van der Waals surface area contributed by atoms with Crippen molar-refractivity contribution in [1.29, 1.82) is 0 Å². The number of aromatic nitrogens is 2. The maximum Gasteiger partial charge on any atom is 0.256 e. The number of anilines is 2. The third-order valence-electron chi connectivity index (χ3n) is 4.95. The molecule has 7 heteroatoms. The highest BCUT2D eigenvalue weighted by Crippen LogP contribution is 2.18. The first-order valence-electron chi connectivity index (χ1n) is 9.57. The number of halogens is 1. The van der Waals surface area contributed by atoms with Gasteiger partial charge in [0.15, 0.2) is 0 Å². The Labute approximate surface area is 178 Å². The van der Waals surface area contributed by atoms with Gasteiger partial charge in [0.05, 0.1) is 0 Å². The smallest absolute Gasteiger partial charge is 0.256 e. The summed E-state index contributed by atoms with van der Waals surface area (Å²) in [4.78, 5) is 25.7.